The zero-order valence-electron chi connectivity index (χ0n) is 15.6. The van der Waals surface area contributed by atoms with E-state index in [4.69, 9.17) is 10.00 Å². The highest BCUT2D eigenvalue weighted by molar-refractivity contribution is 5.96. The Bertz CT molecular complexity index is 959. The van der Waals surface area contributed by atoms with Gasteiger partial charge in [-0.25, -0.2) is 0 Å². The molecule has 2 N–H and O–H groups in total. The van der Waals surface area contributed by atoms with Crippen molar-refractivity contribution in [3.05, 3.63) is 59.7 Å². The molecule has 0 spiro atoms. The fourth-order valence-corrected chi connectivity index (χ4v) is 2.28. The summed E-state index contributed by atoms with van der Waals surface area (Å²) in [5, 5.41) is 13.8. The van der Waals surface area contributed by atoms with Crippen LogP contribution in [0.25, 0.3) is 0 Å². The molecular formula is C20H17F2N3O5. The number of anilines is 1. The molecule has 2 amide bonds. The van der Waals surface area contributed by atoms with Crippen LogP contribution in [0.1, 0.15) is 22.3 Å². The van der Waals surface area contributed by atoms with Crippen LogP contribution in [0.2, 0.25) is 0 Å². The first-order valence-electron chi connectivity index (χ1n) is 8.66. The third kappa shape index (κ3) is 7.20. The zero-order valence-corrected chi connectivity index (χ0v) is 15.6. The first kappa shape index (κ1) is 22.3. The summed E-state index contributed by atoms with van der Waals surface area (Å²) in [5.41, 5.74) is 0.673. The van der Waals surface area contributed by atoms with E-state index in [9.17, 15) is 23.2 Å². The second-order valence-electron chi connectivity index (χ2n) is 5.77. The van der Waals surface area contributed by atoms with Crippen LogP contribution in [0, 0.1) is 11.3 Å². The van der Waals surface area contributed by atoms with Gasteiger partial charge in [0, 0.05) is 5.56 Å². The number of rotatable bonds is 9. The Morgan fingerprint density at radius 3 is 2.60 bits per heavy atom. The Morgan fingerprint density at radius 2 is 1.87 bits per heavy atom. The standard InChI is InChI=1S/C20H17F2N3O5/c21-20(22)30-15-6-3-5-13(10-15)19(28)24-12-18(27)29-9-8-17(26)25-16-7-2-1-4-14(16)11-23/h1-7,10,20H,8-9,12H2,(H,24,28)(H,25,26). The van der Waals surface area contributed by atoms with Crippen molar-refractivity contribution in [1.29, 1.82) is 5.26 Å². The molecule has 2 rings (SSSR count). The normalized spacial score (nSPS) is 10.1. The van der Waals surface area contributed by atoms with Crippen LogP contribution in [0.3, 0.4) is 0 Å². The van der Waals surface area contributed by atoms with Crippen molar-refractivity contribution in [2.75, 3.05) is 18.5 Å². The lowest BCUT2D eigenvalue weighted by molar-refractivity contribution is -0.142. The maximum Gasteiger partial charge on any atom is 0.387 e. The smallest absolute Gasteiger partial charge is 0.387 e. The van der Waals surface area contributed by atoms with Gasteiger partial charge in [-0.15, -0.1) is 0 Å². The predicted molar refractivity (Wildman–Crippen MR) is 101 cm³/mol. The number of halogens is 2. The van der Waals surface area contributed by atoms with E-state index in [0.717, 1.165) is 6.07 Å². The van der Waals surface area contributed by atoms with Crippen molar-refractivity contribution in [3.8, 4) is 11.8 Å². The third-order valence-corrected chi connectivity index (χ3v) is 3.63. The van der Waals surface area contributed by atoms with Crippen LogP contribution in [0.4, 0.5) is 14.5 Å². The highest BCUT2D eigenvalue weighted by Crippen LogP contribution is 2.16. The highest BCUT2D eigenvalue weighted by Gasteiger charge is 2.12. The van der Waals surface area contributed by atoms with E-state index in [0.29, 0.717) is 11.3 Å². The monoisotopic (exact) mass is 417 g/mol. The summed E-state index contributed by atoms with van der Waals surface area (Å²) in [7, 11) is 0. The molecule has 0 aromatic heterocycles. The van der Waals surface area contributed by atoms with Gasteiger partial charge in [0.1, 0.15) is 25.0 Å². The van der Waals surface area contributed by atoms with Crippen LogP contribution in [-0.2, 0) is 14.3 Å². The van der Waals surface area contributed by atoms with Crippen molar-refractivity contribution in [1.82, 2.24) is 5.32 Å². The number of benzene rings is 2. The van der Waals surface area contributed by atoms with Crippen molar-refractivity contribution >= 4 is 23.5 Å². The van der Waals surface area contributed by atoms with Gasteiger partial charge in [0.15, 0.2) is 0 Å². The number of carbonyl (C=O) groups excluding carboxylic acids is 3. The summed E-state index contributed by atoms with van der Waals surface area (Å²) in [6.07, 6.45) is -0.146. The molecule has 0 heterocycles. The third-order valence-electron chi connectivity index (χ3n) is 3.63. The summed E-state index contributed by atoms with van der Waals surface area (Å²) in [4.78, 5) is 35.6. The summed E-state index contributed by atoms with van der Waals surface area (Å²) < 4.78 is 33.5. The molecule has 156 valence electrons. The number of ether oxygens (including phenoxy) is 2. The average Bonchev–Trinajstić information content (AvgIpc) is 2.72. The van der Waals surface area contributed by atoms with Crippen LogP contribution >= 0.6 is 0 Å². The molecule has 0 fully saturated rings. The molecule has 10 heteroatoms. The first-order valence-corrected chi connectivity index (χ1v) is 8.66. The molecule has 0 atom stereocenters. The largest absolute Gasteiger partial charge is 0.464 e. The molecule has 0 aliphatic heterocycles. The maximum absolute atomic E-state index is 12.2. The minimum Gasteiger partial charge on any atom is -0.464 e. The minimum absolute atomic E-state index is 0.0245. The maximum atomic E-state index is 12.2. The number of esters is 1. The van der Waals surface area contributed by atoms with Crippen LogP contribution in [-0.4, -0.2) is 37.5 Å². The van der Waals surface area contributed by atoms with E-state index < -0.39 is 30.9 Å². The van der Waals surface area contributed by atoms with Gasteiger partial charge in [-0.2, -0.15) is 14.0 Å². The van der Waals surface area contributed by atoms with Gasteiger partial charge in [-0.3, -0.25) is 14.4 Å². The number of carbonyl (C=O) groups is 3. The second kappa shape index (κ2) is 11.1. The number of alkyl halides is 2. The van der Waals surface area contributed by atoms with E-state index >= 15 is 0 Å². The molecule has 0 bridgehead atoms. The van der Waals surface area contributed by atoms with E-state index in [-0.39, 0.29) is 24.3 Å². The number of hydrogen-bond acceptors (Lipinski definition) is 6. The lowest BCUT2D eigenvalue weighted by Gasteiger charge is -2.09. The summed E-state index contributed by atoms with van der Waals surface area (Å²) in [6, 6.07) is 13.5. The fraction of sp³-hybridized carbons (Fsp3) is 0.200. The van der Waals surface area contributed by atoms with E-state index in [1.54, 1.807) is 24.3 Å². The molecule has 0 unspecified atom stereocenters. The number of nitrogens with one attached hydrogen (secondary N) is 2. The number of nitrogens with zero attached hydrogens (tertiary/aromatic N) is 1. The van der Waals surface area contributed by atoms with Crippen molar-refractivity contribution in [2.24, 2.45) is 0 Å². The van der Waals surface area contributed by atoms with Crippen LogP contribution < -0.4 is 15.4 Å². The van der Waals surface area contributed by atoms with Crippen LogP contribution in [0.5, 0.6) is 5.75 Å². The summed E-state index contributed by atoms with van der Waals surface area (Å²) in [6.45, 7) is -3.73. The summed E-state index contributed by atoms with van der Waals surface area (Å²) >= 11 is 0. The van der Waals surface area contributed by atoms with Crippen molar-refractivity contribution < 1.29 is 32.6 Å². The zero-order chi connectivity index (χ0) is 21.9. The van der Waals surface area contributed by atoms with Crippen molar-refractivity contribution in [2.45, 2.75) is 13.0 Å². The predicted octanol–water partition coefficient (Wildman–Crippen LogP) is 2.46. The van der Waals surface area contributed by atoms with Gasteiger partial charge < -0.3 is 20.1 Å². The molecule has 2 aromatic carbocycles. The molecule has 8 nitrogen and oxygen atoms in total. The summed E-state index contributed by atoms with van der Waals surface area (Å²) in [5.74, 6) is -2.11. The first-order chi connectivity index (χ1) is 14.4. The minimum atomic E-state index is -3.02. The molecule has 0 saturated heterocycles. The number of hydrogen-bond donors (Lipinski definition) is 2. The van der Waals surface area contributed by atoms with Gasteiger partial charge >= 0.3 is 12.6 Å². The number of nitriles is 1. The van der Waals surface area contributed by atoms with E-state index in [1.807, 2.05) is 6.07 Å². The Balaban J connectivity index is 1.73. The lowest BCUT2D eigenvalue weighted by atomic mass is 10.2. The molecule has 0 radical (unpaired) electrons. The fourth-order valence-electron chi connectivity index (χ4n) is 2.28. The Hall–Kier alpha value is -4.00. The quantitative estimate of drug-likeness (QED) is 0.606. The topological polar surface area (TPSA) is 118 Å². The SMILES string of the molecule is N#Cc1ccccc1NC(=O)CCOC(=O)CNC(=O)c1cccc(OC(F)F)c1. The Morgan fingerprint density at radius 1 is 1.10 bits per heavy atom. The molecular weight excluding hydrogens is 400 g/mol. The van der Waals surface area contributed by atoms with Gasteiger partial charge in [-0.1, -0.05) is 18.2 Å². The lowest BCUT2D eigenvalue weighted by Crippen LogP contribution is -2.31. The number of amides is 2. The molecule has 0 aliphatic carbocycles. The Kier molecular flexibility index (Phi) is 8.26. The van der Waals surface area contributed by atoms with Gasteiger partial charge in [0.05, 0.1) is 17.7 Å². The van der Waals surface area contributed by atoms with Gasteiger partial charge in [0.25, 0.3) is 5.91 Å². The van der Waals surface area contributed by atoms with Crippen LogP contribution in [0.15, 0.2) is 48.5 Å². The molecule has 30 heavy (non-hydrogen) atoms. The molecule has 0 aliphatic rings. The Labute approximate surface area is 170 Å². The molecule has 0 saturated carbocycles. The molecule has 2 aromatic rings. The average molecular weight is 417 g/mol. The number of para-hydroxylation sites is 1. The van der Waals surface area contributed by atoms with Crippen molar-refractivity contribution in [3.63, 3.8) is 0 Å². The second-order valence-corrected chi connectivity index (χ2v) is 5.77. The van der Waals surface area contributed by atoms with Gasteiger partial charge in [-0.05, 0) is 30.3 Å². The van der Waals surface area contributed by atoms with E-state index in [1.165, 1.54) is 18.2 Å². The van der Waals surface area contributed by atoms with Gasteiger partial charge in [0.2, 0.25) is 5.91 Å². The highest BCUT2D eigenvalue weighted by atomic mass is 19.3. The van der Waals surface area contributed by atoms with E-state index in [2.05, 4.69) is 15.4 Å².